The molecule has 0 spiro atoms. The van der Waals surface area contributed by atoms with E-state index < -0.39 is 0 Å². The molecule has 0 fully saturated rings. The van der Waals surface area contributed by atoms with Gasteiger partial charge in [0.25, 0.3) is 0 Å². The zero-order valence-electron chi connectivity index (χ0n) is 13.6. The lowest BCUT2D eigenvalue weighted by atomic mass is 9.88. The van der Waals surface area contributed by atoms with E-state index in [2.05, 4.69) is 45.9 Å². The van der Waals surface area contributed by atoms with Gasteiger partial charge in [-0.15, -0.1) is 0 Å². The van der Waals surface area contributed by atoms with Crippen molar-refractivity contribution in [2.75, 3.05) is 13.2 Å². The topological polar surface area (TPSA) is 35.2 Å². The molecule has 1 aromatic rings. The summed E-state index contributed by atoms with van der Waals surface area (Å²) in [5.41, 5.74) is 8.42. The fraction of sp³-hybridized carbons (Fsp3) is 0.667. The molecular formula is C18H31NO. The summed E-state index contributed by atoms with van der Waals surface area (Å²) in [7, 11) is 0. The highest BCUT2D eigenvalue weighted by molar-refractivity contribution is 5.40. The van der Waals surface area contributed by atoms with Crippen LogP contribution in [0.5, 0.6) is 5.75 Å². The summed E-state index contributed by atoms with van der Waals surface area (Å²) in [5.74, 6) is 2.17. The van der Waals surface area contributed by atoms with Gasteiger partial charge in [0.05, 0.1) is 6.61 Å². The highest BCUT2D eigenvalue weighted by atomic mass is 16.5. The molecule has 2 nitrogen and oxygen atoms in total. The highest BCUT2D eigenvalue weighted by Crippen LogP contribution is 2.33. The molecule has 1 unspecified atom stereocenters. The van der Waals surface area contributed by atoms with Crippen LogP contribution in [-0.2, 0) is 0 Å². The number of nitrogens with two attached hydrogens (primary N) is 1. The van der Waals surface area contributed by atoms with Crippen molar-refractivity contribution in [3.8, 4) is 5.75 Å². The predicted octanol–water partition coefficient (Wildman–Crippen LogP) is 4.83. The molecule has 0 aromatic heterocycles. The van der Waals surface area contributed by atoms with Crippen molar-refractivity contribution in [2.45, 2.75) is 65.2 Å². The molecule has 114 valence electrons. The fourth-order valence-electron chi connectivity index (χ4n) is 2.59. The van der Waals surface area contributed by atoms with E-state index in [1.165, 1.54) is 24.0 Å². The number of benzene rings is 1. The third kappa shape index (κ3) is 4.82. The van der Waals surface area contributed by atoms with E-state index in [1.807, 2.05) is 0 Å². The van der Waals surface area contributed by atoms with Gasteiger partial charge in [-0.05, 0) is 61.3 Å². The number of rotatable bonds is 9. The number of hydrogen-bond acceptors (Lipinski definition) is 2. The second-order valence-corrected chi connectivity index (χ2v) is 5.84. The zero-order valence-corrected chi connectivity index (χ0v) is 13.6. The number of ether oxygens (including phenoxy) is 1. The maximum atomic E-state index is 5.88. The van der Waals surface area contributed by atoms with Gasteiger partial charge < -0.3 is 10.5 Å². The summed E-state index contributed by atoms with van der Waals surface area (Å²) < 4.78 is 5.88. The van der Waals surface area contributed by atoms with E-state index in [0.717, 1.165) is 31.7 Å². The SMILES string of the molecule is CCCOc1ccc(C(CC)CCCN)cc1C(C)C. The van der Waals surface area contributed by atoms with Crippen LogP contribution in [0.25, 0.3) is 0 Å². The van der Waals surface area contributed by atoms with E-state index in [9.17, 15) is 0 Å². The Kier molecular flexibility index (Phi) is 7.68. The lowest BCUT2D eigenvalue weighted by molar-refractivity contribution is 0.313. The average Bonchev–Trinajstić information content (AvgIpc) is 2.46. The minimum Gasteiger partial charge on any atom is -0.493 e. The maximum Gasteiger partial charge on any atom is 0.122 e. The lowest BCUT2D eigenvalue weighted by Crippen LogP contribution is -2.06. The molecule has 0 saturated heterocycles. The smallest absolute Gasteiger partial charge is 0.122 e. The molecule has 0 bridgehead atoms. The van der Waals surface area contributed by atoms with Gasteiger partial charge in [0.1, 0.15) is 5.75 Å². The maximum absolute atomic E-state index is 5.88. The Hall–Kier alpha value is -1.02. The summed E-state index contributed by atoms with van der Waals surface area (Å²) in [5, 5.41) is 0. The molecule has 0 heterocycles. The van der Waals surface area contributed by atoms with E-state index in [4.69, 9.17) is 10.5 Å². The first-order valence-corrected chi connectivity index (χ1v) is 8.10. The van der Waals surface area contributed by atoms with Crippen LogP contribution in [-0.4, -0.2) is 13.2 Å². The summed E-state index contributed by atoms with van der Waals surface area (Å²) in [6.07, 6.45) is 4.50. The van der Waals surface area contributed by atoms with Crippen molar-refractivity contribution >= 4 is 0 Å². The first kappa shape index (κ1) is 17.0. The average molecular weight is 277 g/mol. The van der Waals surface area contributed by atoms with Gasteiger partial charge in [0, 0.05) is 0 Å². The van der Waals surface area contributed by atoms with Crippen molar-refractivity contribution in [1.29, 1.82) is 0 Å². The fourth-order valence-corrected chi connectivity index (χ4v) is 2.59. The first-order valence-electron chi connectivity index (χ1n) is 8.10. The van der Waals surface area contributed by atoms with Crippen LogP contribution in [0.2, 0.25) is 0 Å². The molecule has 2 N–H and O–H groups in total. The van der Waals surface area contributed by atoms with Gasteiger partial charge in [0.2, 0.25) is 0 Å². The summed E-state index contributed by atoms with van der Waals surface area (Å²) in [6.45, 7) is 10.5. The second-order valence-electron chi connectivity index (χ2n) is 5.84. The molecule has 1 aromatic carbocycles. The summed E-state index contributed by atoms with van der Waals surface area (Å²) >= 11 is 0. The molecule has 0 saturated carbocycles. The quantitative estimate of drug-likeness (QED) is 0.701. The van der Waals surface area contributed by atoms with Crippen molar-refractivity contribution in [3.63, 3.8) is 0 Å². The molecule has 1 rings (SSSR count). The Labute approximate surface area is 124 Å². The molecule has 0 radical (unpaired) electrons. The van der Waals surface area contributed by atoms with E-state index in [-0.39, 0.29) is 0 Å². The van der Waals surface area contributed by atoms with E-state index in [0.29, 0.717) is 11.8 Å². The molecule has 0 aliphatic rings. The van der Waals surface area contributed by atoms with Crippen molar-refractivity contribution in [2.24, 2.45) is 5.73 Å². The van der Waals surface area contributed by atoms with Gasteiger partial charge in [-0.2, -0.15) is 0 Å². The molecule has 0 aliphatic heterocycles. The monoisotopic (exact) mass is 277 g/mol. The van der Waals surface area contributed by atoms with Crippen LogP contribution in [0.15, 0.2) is 18.2 Å². The Balaban J connectivity index is 2.95. The van der Waals surface area contributed by atoms with E-state index in [1.54, 1.807) is 0 Å². The zero-order chi connectivity index (χ0) is 15.0. The number of hydrogen-bond donors (Lipinski definition) is 1. The Morgan fingerprint density at radius 1 is 1.20 bits per heavy atom. The summed E-state index contributed by atoms with van der Waals surface area (Å²) in [6, 6.07) is 6.74. The predicted molar refractivity (Wildman–Crippen MR) is 87.6 cm³/mol. The third-order valence-corrected chi connectivity index (χ3v) is 3.84. The Bertz CT molecular complexity index is 387. The second kappa shape index (κ2) is 9.02. The third-order valence-electron chi connectivity index (χ3n) is 3.84. The van der Waals surface area contributed by atoms with Crippen molar-refractivity contribution in [1.82, 2.24) is 0 Å². The van der Waals surface area contributed by atoms with Crippen LogP contribution >= 0.6 is 0 Å². The van der Waals surface area contributed by atoms with Crippen LogP contribution in [0, 0.1) is 0 Å². The first-order chi connectivity index (χ1) is 9.63. The van der Waals surface area contributed by atoms with Gasteiger partial charge in [-0.3, -0.25) is 0 Å². The van der Waals surface area contributed by atoms with Gasteiger partial charge in [-0.25, -0.2) is 0 Å². The molecular weight excluding hydrogens is 246 g/mol. The lowest BCUT2D eigenvalue weighted by Gasteiger charge is -2.20. The standard InChI is InChI=1S/C18H31NO/c1-5-12-20-18-10-9-16(13-17(18)14(3)4)15(6-2)8-7-11-19/h9-10,13-15H,5-8,11-12,19H2,1-4H3. The minimum atomic E-state index is 0.494. The molecule has 0 amide bonds. The Morgan fingerprint density at radius 2 is 1.95 bits per heavy atom. The summed E-state index contributed by atoms with van der Waals surface area (Å²) in [4.78, 5) is 0. The van der Waals surface area contributed by atoms with Crippen molar-refractivity contribution < 1.29 is 4.74 Å². The normalized spacial score (nSPS) is 12.7. The Morgan fingerprint density at radius 3 is 2.50 bits per heavy atom. The van der Waals surface area contributed by atoms with Crippen molar-refractivity contribution in [3.05, 3.63) is 29.3 Å². The molecule has 1 atom stereocenters. The van der Waals surface area contributed by atoms with Gasteiger partial charge in [0.15, 0.2) is 0 Å². The minimum absolute atomic E-state index is 0.494. The largest absolute Gasteiger partial charge is 0.493 e. The molecule has 2 heteroatoms. The highest BCUT2D eigenvalue weighted by Gasteiger charge is 2.14. The van der Waals surface area contributed by atoms with E-state index >= 15 is 0 Å². The van der Waals surface area contributed by atoms with Crippen LogP contribution in [0.1, 0.15) is 76.3 Å². The molecule has 20 heavy (non-hydrogen) atoms. The van der Waals surface area contributed by atoms with Gasteiger partial charge in [-0.1, -0.05) is 39.8 Å². The van der Waals surface area contributed by atoms with Crippen LogP contribution in [0.3, 0.4) is 0 Å². The van der Waals surface area contributed by atoms with Crippen LogP contribution < -0.4 is 10.5 Å². The molecule has 0 aliphatic carbocycles. The van der Waals surface area contributed by atoms with Crippen LogP contribution in [0.4, 0.5) is 0 Å². The van der Waals surface area contributed by atoms with Gasteiger partial charge >= 0.3 is 0 Å².